The first-order valence-electron chi connectivity index (χ1n) is 8.17. The van der Waals surface area contributed by atoms with Gasteiger partial charge in [0.15, 0.2) is 0 Å². The lowest BCUT2D eigenvalue weighted by molar-refractivity contribution is 0.163. The van der Waals surface area contributed by atoms with E-state index in [4.69, 9.17) is 4.84 Å². The summed E-state index contributed by atoms with van der Waals surface area (Å²) in [5.74, 6) is 0.747. The summed E-state index contributed by atoms with van der Waals surface area (Å²) >= 11 is 0. The highest BCUT2D eigenvalue weighted by atomic mass is 16.7. The Balaban J connectivity index is 1.70. The number of rotatable bonds is 5. The number of hydrogen-bond donors (Lipinski definition) is 0. The molecule has 1 fully saturated rings. The Morgan fingerprint density at radius 1 is 1.09 bits per heavy atom. The molecule has 0 N–H and O–H groups in total. The minimum Gasteiger partial charge on any atom is -0.276 e. The van der Waals surface area contributed by atoms with Gasteiger partial charge in [0.1, 0.15) is 0 Å². The predicted molar refractivity (Wildman–Crippen MR) is 89.7 cm³/mol. The second-order valence-corrected chi connectivity index (χ2v) is 6.01. The maximum atomic E-state index is 5.53. The minimum absolute atomic E-state index is 0.702. The molecule has 1 aliphatic carbocycles. The van der Waals surface area contributed by atoms with Gasteiger partial charge in [0.05, 0.1) is 19.3 Å². The molecule has 1 aromatic carbocycles. The fourth-order valence-electron chi connectivity index (χ4n) is 3.27. The van der Waals surface area contributed by atoms with E-state index in [1.807, 2.05) is 17.3 Å². The average molecular weight is 296 g/mol. The van der Waals surface area contributed by atoms with E-state index in [1.165, 1.54) is 37.7 Å². The van der Waals surface area contributed by atoms with Crippen molar-refractivity contribution in [3.63, 3.8) is 0 Å². The quantitative estimate of drug-likeness (QED) is 0.748. The van der Waals surface area contributed by atoms with Crippen molar-refractivity contribution >= 4 is 5.69 Å². The normalized spacial score (nSPS) is 15.7. The van der Waals surface area contributed by atoms with E-state index in [2.05, 4.69) is 35.3 Å². The zero-order valence-corrected chi connectivity index (χ0v) is 13.2. The second kappa shape index (κ2) is 7.41. The first-order valence-corrected chi connectivity index (χ1v) is 8.17. The number of pyridine rings is 1. The van der Waals surface area contributed by atoms with E-state index < -0.39 is 0 Å². The molecule has 1 aromatic heterocycles. The van der Waals surface area contributed by atoms with Crippen LogP contribution in [0.3, 0.4) is 0 Å². The largest absolute Gasteiger partial charge is 0.276 e. The summed E-state index contributed by atoms with van der Waals surface area (Å²) in [5.41, 5.74) is 3.70. The van der Waals surface area contributed by atoms with Gasteiger partial charge in [-0.3, -0.25) is 14.9 Å². The third-order valence-corrected chi connectivity index (χ3v) is 4.53. The van der Waals surface area contributed by atoms with Crippen LogP contribution in [0.5, 0.6) is 0 Å². The van der Waals surface area contributed by atoms with Gasteiger partial charge in [0.2, 0.25) is 0 Å². The van der Waals surface area contributed by atoms with E-state index in [1.54, 1.807) is 13.3 Å². The van der Waals surface area contributed by atoms with Crippen LogP contribution in [0.2, 0.25) is 0 Å². The molecule has 1 aliphatic rings. The van der Waals surface area contributed by atoms with Crippen LogP contribution < -0.4 is 5.06 Å². The molecule has 3 rings (SSSR count). The van der Waals surface area contributed by atoms with Crippen LogP contribution in [-0.4, -0.2) is 12.1 Å². The molecule has 0 bridgehead atoms. The van der Waals surface area contributed by atoms with E-state index in [9.17, 15) is 0 Å². The molecule has 0 aliphatic heterocycles. The summed E-state index contributed by atoms with van der Waals surface area (Å²) in [6.45, 7) is 0.702. The monoisotopic (exact) mass is 296 g/mol. The fourth-order valence-corrected chi connectivity index (χ4v) is 3.27. The molecule has 0 atom stereocenters. The van der Waals surface area contributed by atoms with Crippen molar-refractivity contribution in [3.8, 4) is 0 Å². The van der Waals surface area contributed by atoms with Crippen molar-refractivity contribution in [2.24, 2.45) is 0 Å². The number of hydroxylamine groups is 1. The zero-order valence-electron chi connectivity index (χ0n) is 13.2. The number of aromatic nitrogens is 1. The molecule has 2 aromatic rings. The molecule has 0 amide bonds. The van der Waals surface area contributed by atoms with Crippen LogP contribution in [-0.2, 0) is 11.4 Å². The van der Waals surface area contributed by atoms with Crippen LogP contribution in [0, 0.1) is 0 Å². The summed E-state index contributed by atoms with van der Waals surface area (Å²) in [7, 11) is 1.71. The number of benzene rings is 1. The molecule has 3 nitrogen and oxygen atoms in total. The standard InChI is InChI=1S/C19H24N2O/c1-22-21(15-16-6-5-13-20-14-16)19-11-9-18(10-12-19)17-7-3-2-4-8-17/h5-6,9-14,17H,2-4,7-8,15H2,1H3. The molecule has 0 radical (unpaired) electrons. The van der Waals surface area contributed by atoms with Gasteiger partial charge in [0, 0.05) is 12.4 Å². The fraction of sp³-hybridized carbons (Fsp3) is 0.421. The Morgan fingerprint density at radius 2 is 1.86 bits per heavy atom. The smallest absolute Gasteiger partial charge is 0.0721 e. The molecule has 22 heavy (non-hydrogen) atoms. The first-order chi connectivity index (χ1) is 10.9. The van der Waals surface area contributed by atoms with Gasteiger partial charge >= 0.3 is 0 Å². The van der Waals surface area contributed by atoms with Crippen molar-refractivity contribution in [2.45, 2.75) is 44.6 Å². The maximum Gasteiger partial charge on any atom is 0.0721 e. The predicted octanol–water partition coefficient (Wildman–Crippen LogP) is 4.70. The minimum atomic E-state index is 0.702. The van der Waals surface area contributed by atoms with Crippen LogP contribution in [0.4, 0.5) is 5.69 Å². The van der Waals surface area contributed by atoms with Gasteiger partial charge in [-0.2, -0.15) is 0 Å². The molecule has 1 saturated carbocycles. The third-order valence-electron chi connectivity index (χ3n) is 4.53. The topological polar surface area (TPSA) is 25.4 Å². The third kappa shape index (κ3) is 3.66. The van der Waals surface area contributed by atoms with Gasteiger partial charge in [-0.15, -0.1) is 0 Å². The molecule has 3 heteroatoms. The van der Waals surface area contributed by atoms with Gasteiger partial charge in [-0.05, 0) is 48.1 Å². The van der Waals surface area contributed by atoms with Crippen molar-refractivity contribution in [2.75, 3.05) is 12.2 Å². The van der Waals surface area contributed by atoms with Crippen molar-refractivity contribution in [1.82, 2.24) is 4.98 Å². The SMILES string of the molecule is CON(Cc1cccnc1)c1ccc(C2CCCCC2)cc1. The van der Waals surface area contributed by atoms with Gasteiger partial charge < -0.3 is 0 Å². The Hall–Kier alpha value is -1.87. The van der Waals surface area contributed by atoms with Crippen molar-refractivity contribution < 1.29 is 4.84 Å². The van der Waals surface area contributed by atoms with E-state index in [0.29, 0.717) is 6.54 Å². The van der Waals surface area contributed by atoms with Crippen LogP contribution in [0.1, 0.15) is 49.1 Å². The molecule has 1 heterocycles. The lowest BCUT2D eigenvalue weighted by atomic mass is 9.84. The molecular formula is C19H24N2O. The number of anilines is 1. The summed E-state index contributed by atoms with van der Waals surface area (Å²) in [4.78, 5) is 9.69. The Morgan fingerprint density at radius 3 is 2.50 bits per heavy atom. The average Bonchev–Trinajstić information content (AvgIpc) is 2.61. The second-order valence-electron chi connectivity index (χ2n) is 6.01. The molecule has 116 valence electrons. The molecular weight excluding hydrogens is 272 g/mol. The molecule has 0 unspecified atom stereocenters. The summed E-state index contributed by atoms with van der Waals surface area (Å²) < 4.78 is 0. The van der Waals surface area contributed by atoms with Crippen molar-refractivity contribution in [3.05, 3.63) is 59.9 Å². The summed E-state index contributed by atoms with van der Waals surface area (Å²) in [6.07, 6.45) is 10.5. The van der Waals surface area contributed by atoms with E-state index in [-0.39, 0.29) is 0 Å². The highest BCUT2D eigenvalue weighted by molar-refractivity contribution is 5.46. The van der Waals surface area contributed by atoms with Crippen LogP contribution >= 0.6 is 0 Å². The number of hydrogen-bond acceptors (Lipinski definition) is 3. The molecule has 0 spiro atoms. The highest BCUT2D eigenvalue weighted by Gasteiger charge is 2.16. The highest BCUT2D eigenvalue weighted by Crippen LogP contribution is 2.33. The lowest BCUT2D eigenvalue weighted by Crippen LogP contribution is -2.21. The van der Waals surface area contributed by atoms with Gasteiger partial charge in [0.25, 0.3) is 0 Å². The number of nitrogens with zero attached hydrogens (tertiary/aromatic N) is 2. The summed E-state index contributed by atoms with van der Waals surface area (Å²) in [5, 5.41) is 1.90. The zero-order chi connectivity index (χ0) is 15.2. The van der Waals surface area contributed by atoms with E-state index in [0.717, 1.165) is 17.2 Å². The Kier molecular flexibility index (Phi) is 5.07. The summed E-state index contributed by atoms with van der Waals surface area (Å²) in [6, 6.07) is 12.9. The van der Waals surface area contributed by atoms with Crippen LogP contribution in [0.15, 0.2) is 48.8 Å². The van der Waals surface area contributed by atoms with Gasteiger partial charge in [-0.1, -0.05) is 37.5 Å². The van der Waals surface area contributed by atoms with Crippen LogP contribution in [0.25, 0.3) is 0 Å². The molecule has 0 saturated heterocycles. The lowest BCUT2D eigenvalue weighted by Gasteiger charge is -2.24. The Bertz CT molecular complexity index is 562. The van der Waals surface area contributed by atoms with E-state index >= 15 is 0 Å². The van der Waals surface area contributed by atoms with Crippen molar-refractivity contribution in [1.29, 1.82) is 0 Å². The van der Waals surface area contributed by atoms with Gasteiger partial charge in [-0.25, -0.2) is 0 Å². The Labute approximate surface area is 132 Å². The first kappa shape index (κ1) is 15.0. The maximum absolute atomic E-state index is 5.53.